The van der Waals surface area contributed by atoms with Gasteiger partial charge in [-0.2, -0.15) is 0 Å². The molecule has 0 saturated carbocycles. The van der Waals surface area contributed by atoms with Crippen LogP contribution in [0.1, 0.15) is 27.7 Å². The van der Waals surface area contributed by atoms with Crippen LogP contribution in [0, 0.1) is 15.5 Å². The highest BCUT2D eigenvalue weighted by Gasteiger charge is 2.29. The molecule has 0 saturated heterocycles. The summed E-state index contributed by atoms with van der Waals surface area (Å²) >= 11 is 0. The molecule has 1 rings (SSSR count). The molecule has 1 aromatic rings. The second kappa shape index (κ2) is 6.53. The molecule has 0 fully saturated rings. The van der Waals surface area contributed by atoms with Crippen molar-refractivity contribution in [1.29, 1.82) is 0 Å². The number of nitro benzene ring substituents is 1. The van der Waals surface area contributed by atoms with E-state index in [0.29, 0.717) is 12.4 Å². The number of carbonyl (C=O) groups excluding carboxylic acids is 1. The van der Waals surface area contributed by atoms with Gasteiger partial charge in [0.1, 0.15) is 11.4 Å². The Labute approximate surface area is 123 Å². The molecule has 0 aliphatic heterocycles. The Hall–Kier alpha value is -2.15. The third-order valence-corrected chi connectivity index (χ3v) is 2.95. The lowest BCUT2D eigenvalue weighted by Crippen LogP contribution is -2.45. The highest BCUT2D eigenvalue weighted by Crippen LogP contribution is 2.30. The Balaban J connectivity index is 3.03. The van der Waals surface area contributed by atoms with Gasteiger partial charge in [-0.1, -0.05) is 20.8 Å². The number of nitrogens with one attached hydrogen (secondary N) is 1. The van der Waals surface area contributed by atoms with Gasteiger partial charge in [-0.25, -0.2) is 0 Å². The molecule has 1 aromatic carbocycles. The minimum absolute atomic E-state index is 0.105. The van der Waals surface area contributed by atoms with Gasteiger partial charge in [0.2, 0.25) is 5.91 Å². The van der Waals surface area contributed by atoms with E-state index in [1.807, 2.05) is 20.8 Å². The molecule has 3 N–H and O–H groups in total. The van der Waals surface area contributed by atoms with E-state index in [4.69, 9.17) is 10.5 Å². The van der Waals surface area contributed by atoms with Gasteiger partial charge in [0.25, 0.3) is 5.69 Å². The first kappa shape index (κ1) is 16.9. The Morgan fingerprint density at radius 2 is 2.10 bits per heavy atom. The quantitative estimate of drug-likeness (QED) is 0.640. The molecular weight excluding hydrogens is 274 g/mol. The molecule has 1 atom stereocenters. The van der Waals surface area contributed by atoms with Crippen LogP contribution in [-0.4, -0.2) is 23.5 Å². The number of nitro groups is 1. The minimum Gasteiger partial charge on any atom is -0.494 e. The predicted octanol–water partition coefficient (Wildman–Crippen LogP) is 2.31. The van der Waals surface area contributed by atoms with Gasteiger partial charge in [-0.15, -0.1) is 0 Å². The molecule has 116 valence electrons. The Kier molecular flexibility index (Phi) is 5.26. The van der Waals surface area contributed by atoms with Crippen LogP contribution in [0.5, 0.6) is 5.75 Å². The molecule has 0 bridgehead atoms. The second-order valence-corrected chi connectivity index (χ2v) is 5.70. The predicted molar refractivity (Wildman–Crippen MR) is 80.3 cm³/mol. The normalized spacial score (nSPS) is 12.6. The summed E-state index contributed by atoms with van der Waals surface area (Å²) in [5.74, 6) is -0.0860. The van der Waals surface area contributed by atoms with Crippen LogP contribution in [0.15, 0.2) is 18.2 Å². The maximum atomic E-state index is 12.1. The summed E-state index contributed by atoms with van der Waals surface area (Å²) in [7, 11) is 0. The van der Waals surface area contributed by atoms with Crippen LogP contribution in [-0.2, 0) is 4.79 Å². The second-order valence-electron chi connectivity index (χ2n) is 5.70. The zero-order valence-electron chi connectivity index (χ0n) is 12.7. The van der Waals surface area contributed by atoms with Gasteiger partial charge in [-0.05, 0) is 24.5 Å². The number of nitrogens with zero attached hydrogens (tertiary/aromatic N) is 1. The number of nitrogens with two attached hydrogens (primary N) is 1. The minimum atomic E-state index is -0.774. The molecule has 0 radical (unpaired) electrons. The van der Waals surface area contributed by atoms with Crippen LogP contribution >= 0.6 is 0 Å². The zero-order chi connectivity index (χ0) is 16.2. The number of anilines is 1. The average Bonchev–Trinajstić information content (AvgIpc) is 2.38. The van der Waals surface area contributed by atoms with Gasteiger partial charge >= 0.3 is 0 Å². The highest BCUT2D eigenvalue weighted by molar-refractivity contribution is 5.97. The molecule has 0 spiro atoms. The number of carbonyl (C=O) groups is 1. The summed E-state index contributed by atoms with van der Waals surface area (Å²) in [5, 5.41) is 13.6. The number of amides is 1. The van der Waals surface area contributed by atoms with E-state index < -0.39 is 22.3 Å². The lowest BCUT2D eigenvalue weighted by molar-refractivity contribution is -0.384. The van der Waals surface area contributed by atoms with Crippen molar-refractivity contribution in [3.8, 4) is 5.75 Å². The molecule has 0 aliphatic rings. The van der Waals surface area contributed by atoms with Gasteiger partial charge in [0, 0.05) is 0 Å². The Bertz CT molecular complexity index is 538. The van der Waals surface area contributed by atoms with Crippen LogP contribution in [0.25, 0.3) is 0 Å². The number of benzene rings is 1. The van der Waals surface area contributed by atoms with E-state index in [2.05, 4.69) is 5.32 Å². The fourth-order valence-corrected chi connectivity index (χ4v) is 1.63. The SMILES string of the molecule is CCOc1ccc(NC(=O)[C@@H](N)C(C)(C)C)c([N+](=O)[O-])c1. The van der Waals surface area contributed by atoms with Crippen LogP contribution in [0.3, 0.4) is 0 Å². The van der Waals surface area contributed by atoms with E-state index in [1.54, 1.807) is 13.0 Å². The third-order valence-electron chi connectivity index (χ3n) is 2.95. The molecular formula is C14H21N3O4. The fraction of sp³-hybridized carbons (Fsp3) is 0.500. The van der Waals surface area contributed by atoms with Crippen molar-refractivity contribution >= 4 is 17.3 Å². The van der Waals surface area contributed by atoms with Crippen molar-refractivity contribution in [2.45, 2.75) is 33.7 Å². The summed E-state index contributed by atoms with van der Waals surface area (Å²) in [6.45, 7) is 7.65. The van der Waals surface area contributed by atoms with E-state index in [0.717, 1.165) is 0 Å². The van der Waals surface area contributed by atoms with E-state index >= 15 is 0 Å². The van der Waals surface area contributed by atoms with Crippen LogP contribution < -0.4 is 15.8 Å². The van der Waals surface area contributed by atoms with Crippen molar-refractivity contribution in [2.24, 2.45) is 11.1 Å². The number of hydrogen-bond acceptors (Lipinski definition) is 5. The van der Waals surface area contributed by atoms with Gasteiger partial charge in [0.05, 0.1) is 23.6 Å². The first-order valence-electron chi connectivity index (χ1n) is 6.64. The molecule has 0 aliphatic carbocycles. The maximum Gasteiger partial charge on any atom is 0.296 e. The van der Waals surface area contributed by atoms with Gasteiger partial charge in [-0.3, -0.25) is 14.9 Å². The number of rotatable bonds is 5. The molecule has 7 nitrogen and oxygen atoms in total. The van der Waals surface area contributed by atoms with Crippen molar-refractivity contribution < 1.29 is 14.5 Å². The summed E-state index contributed by atoms with van der Waals surface area (Å²) in [6, 6.07) is 3.51. The molecule has 0 unspecified atom stereocenters. The average molecular weight is 295 g/mol. The zero-order valence-corrected chi connectivity index (χ0v) is 12.7. The Morgan fingerprint density at radius 1 is 1.48 bits per heavy atom. The monoisotopic (exact) mass is 295 g/mol. The smallest absolute Gasteiger partial charge is 0.296 e. The summed E-state index contributed by atoms with van der Waals surface area (Å²) in [5.41, 5.74) is 5.28. The number of ether oxygens (including phenoxy) is 1. The van der Waals surface area contributed by atoms with Gasteiger partial charge < -0.3 is 15.8 Å². The van der Waals surface area contributed by atoms with E-state index in [1.165, 1.54) is 12.1 Å². The van der Waals surface area contributed by atoms with E-state index in [9.17, 15) is 14.9 Å². The van der Waals surface area contributed by atoms with Crippen molar-refractivity contribution in [1.82, 2.24) is 0 Å². The summed E-state index contributed by atoms with van der Waals surface area (Å²) in [4.78, 5) is 22.6. The molecule has 1 amide bonds. The third kappa shape index (κ3) is 4.42. The highest BCUT2D eigenvalue weighted by atomic mass is 16.6. The Morgan fingerprint density at radius 3 is 2.57 bits per heavy atom. The summed E-state index contributed by atoms with van der Waals surface area (Å²) < 4.78 is 5.22. The lowest BCUT2D eigenvalue weighted by Gasteiger charge is -2.25. The molecule has 0 aromatic heterocycles. The standard InChI is InChI=1S/C14H21N3O4/c1-5-21-9-6-7-10(11(8-9)17(19)20)16-13(18)12(15)14(2,3)4/h6-8,12H,5,15H2,1-4H3,(H,16,18)/t12-/m1/s1. The van der Waals surface area contributed by atoms with Gasteiger partial charge in [0.15, 0.2) is 0 Å². The van der Waals surface area contributed by atoms with Crippen LogP contribution in [0.4, 0.5) is 11.4 Å². The largest absolute Gasteiger partial charge is 0.494 e. The van der Waals surface area contributed by atoms with Crippen molar-refractivity contribution in [2.75, 3.05) is 11.9 Å². The number of hydrogen-bond donors (Lipinski definition) is 2. The fourth-order valence-electron chi connectivity index (χ4n) is 1.63. The molecule has 0 heterocycles. The topological polar surface area (TPSA) is 107 Å². The van der Waals surface area contributed by atoms with E-state index in [-0.39, 0.29) is 11.4 Å². The first-order valence-corrected chi connectivity index (χ1v) is 6.64. The van der Waals surface area contributed by atoms with Crippen molar-refractivity contribution in [3.63, 3.8) is 0 Å². The molecule has 21 heavy (non-hydrogen) atoms. The van der Waals surface area contributed by atoms with Crippen molar-refractivity contribution in [3.05, 3.63) is 28.3 Å². The lowest BCUT2D eigenvalue weighted by atomic mass is 9.87. The maximum absolute atomic E-state index is 12.1. The summed E-state index contributed by atoms with van der Waals surface area (Å²) in [6.07, 6.45) is 0. The molecule has 7 heteroatoms. The first-order chi connectivity index (χ1) is 9.66. The van der Waals surface area contributed by atoms with Crippen LogP contribution in [0.2, 0.25) is 0 Å².